The van der Waals surface area contributed by atoms with Crippen LogP contribution in [0.1, 0.15) is 19.4 Å². The van der Waals surface area contributed by atoms with Crippen LogP contribution >= 0.6 is 11.3 Å². The van der Waals surface area contributed by atoms with Gasteiger partial charge in [-0.25, -0.2) is 4.98 Å². The number of hydrogen-bond acceptors (Lipinski definition) is 4. The van der Waals surface area contributed by atoms with Crippen molar-refractivity contribution in [2.45, 2.75) is 20.4 Å². The maximum Gasteiger partial charge on any atom is 0.184 e. The lowest BCUT2D eigenvalue weighted by atomic mass is 10.2. The first kappa shape index (κ1) is 14.9. The molecule has 4 heteroatoms. The maximum atomic E-state index is 5.77. The smallest absolute Gasteiger partial charge is 0.184 e. The van der Waals surface area contributed by atoms with E-state index in [0.29, 0.717) is 5.92 Å². The quantitative estimate of drug-likeness (QED) is 0.700. The van der Waals surface area contributed by atoms with E-state index in [2.05, 4.69) is 42.3 Å². The summed E-state index contributed by atoms with van der Waals surface area (Å²) in [7, 11) is 0. The molecule has 0 atom stereocenters. The summed E-state index contributed by atoms with van der Waals surface area (Å²) in [5, 5.41) is 4.33. The lowest BCUT2D eigenvalue weighted by Gasteiger charge is -2.07. The van der Waals surface area contributed by atoms with E-state index in [-0.39, 0.29) is 0 Å². The van der Waals surface area contributed by atoms with Crippen molar-refractivity contribution in [3.05, 3.63) is 54.1 Å². The average molecular weight is 312 g/mol. The lowest BCUT2D eigenvalue weighted by Crippen LogP contribution is -2.04. The Labute approximate surface area is 135 Å². The van der Waals surface area contributed by atoms with E-state index in [4.69, 9.17) is 4.74 Å². The monoisotopic (exact) mass is 312 g/mol. The topological polar surface area (TPSA) is 34.1 Å². The molecule has 0 radical (unpaired) electrons. The number of anilines is 1. The second-order valence-corrected chi connectivity index (χ2v) is 6.72. The molecular formula is C18H20N2OS. The Kier molecular flexibility index (Phi) is 4.59. The van der Waals surface area contributed by atoms with Crippen molar-refractivity contribution >= 4 is 26.7 Å². The van der Waals surface area contributed by atoms with E-state index in [1.54, 1.807) is 11.3 Å². The van der Waals surface area contributed by atoms with Crippen molar-refractivity contribution in [1.82, 2.24) is 4.98 Å². The third-order valence-corrected chi connectivity index (χ3v) is 4.21. The summed E-state index contributed by atoms with van der Waals surface area (Å²) < 4.78 is 6.92. The zero-order valence-electron chi connectivity index (χ0n) is 12.9. The number of fused-ring (bicyclic) bond motifs is 1. The van der Waals surface area contributed by atoms with Crippen molar-refractivity contribution in [3.8, 4) is 5.75 Å². The molecule has 0 saturated carbocycles. The van der Waals surface area contributed by atoms with Crippen molar-refractivity contribution in [2.75, 3.05) is 11.9 Å². The fraction of sp³-hybridized carbons (Fsp3) is 0.278. The summed E-state index contributed by atoms with van der Waals surface area (Å²) in [4.78, 5) is 4.62. The zero-order valence-corrected chi connectivity index (χ0v) is 13.7. The summed E-state index contributed by atoms with van der Waals surface area (Å²) >= 11 is 1.66. The molecule has 0 aliphatic heterocycles. The Morgan fingerprint density at radius 3 is 2.73 bits per heavy atom. The van der Waals surface area contributed by atoms with Crippen molar-refractivity contribution in [3.63, 3.8) is 0 Å². The molecule has 0 unspecified atom stereocenters. The van der Waals surface area contributed by atoms with Crippen LogP contribution in [0.2, 0.25) is 0 Å². The average Bonchev–Trinajstić information content (AvgIpc) is 2.94. The van der Waals surface area contributed by atoms with Crippen LogP contribution < -0.4 is 10.1 Å². The van der Waals surface area contributed by atoms with E-state index in [1.165, 1.54) is 5.56 Å². The van der Waals surface area contributed by atoms with Gasteiger partial charge in [-0.2, -0.15) is 0 Å². The summed E-state index contributed by atoms with van der Waals surface area (Å²) in [6.07, 6.45) is 0. The summed E-state index contributed by atoms with van der Waals surface area (Å²) in [6, 6.07) is 16.4. The molecule has 1 N–H and O–H groups in total. The molecule has 1 aromatic heterocycles. The summed E-state index contributed by atoms with van der Waals surface area (Å²) in [6.45, 7) is 5.83. The highest BCUT2D eigenvalue weighted by Gasteiger charge is 2.06. The SMILES string of the molecule is CC(C)COc1ccc2nc(NCc3ccccc3)sc2c1. The van der Waals surface area contributed by atoms with Gasteiger partial charge < -0.3 is 10.1 Å². The molecule has 2 aromatic carbocycles. The van der Waals surface area contributed by atoms with Crippen LogP contribution in [-0.2, 0) is 6.54 Å². The van der Waals surface area contributed by atoms with Crippen LogP contribution in [-0.4, -0.2) is 11.6 Å². The van der Waals surface area contributed by atoms with Gasteiger partial charge >= 0.3 is 0 Å². The van der Waals surface area contributed by atoms with Crippen LogP contribution in [0, 0.1) is 5.92 Å². The number of ether oxygens (including phenoxy) is 1. The molecule has 0 amide bonds. The third kappa shape index (κ3) is 3.77. The molecule has 3 aromatic rings. The Bertz CT molecular complexity index is 737. The highest BCUT2D eigenvalue weighted by atomic mass is 32.1. The number of rotatable bonds is 6. The third-order valence-electron chi connectivity index (χ3n) is 3.23. The van der Waals surface area contributed by atoms with Gasteiger partial charge in [-0.3, -0.25) is 0 Å². The number of nitrogens with one attached hydrogen (secondary N) is 1. The van der Waals surface area contributed by atoms with Crippen molar-refractivity contribution in [1.29, 1.82) is 0 Å². The number of aromatic nitrogens is 1. The summed E-state index contributed by atoms with van der Waals surface area (Å²) in [5.41, 5.74) is 2.26. The second-order valence-electron chi connectivity index (χ2n) is 5.69. The minimum Gasteiger partial charge on any atom is -0.493 e. The Hall–Kier alpha value is -2.07. The van der Waals surface area contributed by atoms with Gasteiger partial charge in [-0.1, -0.05) is 55.5 Å². The van der Waals surface area contributed by atoms with Crippen LogP contribution in [0.5, 0.6) is 5.75 Å². The number of thiazole rings is 1. The normalized spacial score (nSPS) is 11.0. The molecule has 0 spiro atoms. The minimum absolute atomic E-state index is 0.528. The molecular weight excluding hydrogens is 292 g/mol. The molecule has 0 fully saturated rings. The lowest BCUT2D eigenvalue weighted by molar-refractivity contribution is 0.271. The zero-order chi connectivity index (χ0) is 15.4. The van der Waals surface area contributed by atoms with Gasteiger partial charge in [0.2, 0.25) is 0 Å². The van der Waals surface area contributed by atoms with E-state index in [0.717, 1.165) is 34.2 Å². The predicted octanol–water partition coefficient (Wildman–Crippen LogP) is 4.94. The van der Waals surface area contributed by atoms with Crippen LogP contribution in [0.25, 0.3) is 10.2 Å². The standard InChI is InChI=1S/C18H20N2OS/c1-13(2)12-21-15-8-9-16-17(10-15)22-18(20-16)19-11-14-6-4-3-5-7-14/h3-10,13H,11-12H2,1-2H3,(H,19,20). The van der Waals surface area contributed by atoms with E-state index >= 15 is 0 Å². The maximum absolute atomic E-state index is 5.77. The molecule has 3 rings (SSSR count). The molecule has 0 aliphatic rings. The van der Waals surface area contributed by atoms with Gasteiger partial charge in [0.1, 0.15) is 5.75 Å². The van der Waals surface area contributed by atoms with Crippen LogP contribution in [0.4, 0.5) is 5.13 Å². The van der Waals surface area contributed by atoms with Crippen molar-refractivity contribution in [2.24, 2.45) is 5.92 Å². The molecule has 22 heavy (non-hydrogen) atoms. The second kappa shape index (κ2) is 6.79. The van der Waals surface area contributed by atoms with E-state index < -0.39 is 0 Å². The molecule has 1 heterocycles. The van der Waals surface area contributed by atoms with E-state index in [1.807, 2.05) is 30.3 Å². The molecule has 0 aliphatic carbocycles. The number of benzene rings is 2. The fourth-order valence-corrected chi connectivity index (χ4v) is 3.00. The highest BCUT2D eigenvalue weighted by molar-refractivity contribution is 7.22. The molecule has 3 nitrogen and oxygen atoms in total. The largest absolute Gasteiger partial charge is 0.493 e. The first-order chi connectivity index (χ1) is 10.7. The number of hydrogen-bond donors (Lipinski definition) is 1. The predicted molar refractivity (Wildman–Crippen MR) is 93.7 cm³/mol. The Balaban J connectivity index is 1.69. The molecule has 114 valence electrons. The Morgan fingerprint density at radius 1 is 1.14 bits per heavy atom. The van der Waals surface area contributed by atoms with Gasteiger partial charge in [0.05, 0.1) is 16.8 Å². The summed E-state index contributed by atoms with van der Waals surface area (Å²) in [5.74, 6) is 1.44. The number of nitrogens with zero attached hydrogens (tertiary/aromatic N) is 1. The van der Waals surface area contributed by atoms with Crippen molar-refractivity contribution < 1.29 is 4.74 Å². The van der Waals surface area contributed by atoms with Crippen LogP contribution in [0.3, 0.4) is 0 Å². The Morgan fingerprint density at radius 2 is 1.95 bits per heavy atom. The van der Waals surface area contributed by atoms with Gasteiger partial charge in [0.15, 0.2) is 5.13 Å². The van der Waals surface area contributed by atoms with Gasteiger partial charge in [0, 0.05) is 6.54 Å². The van der Waals surface area contributed by atoms with E-state index in [9.17, 15) is 0 Å². The highest BCUT2D eigenvalue weighted by Crippen LogP contribution is 2.29. The minimum atomic E-state index is 0.528. The first-order valence-electron chi connectivity index (χ1n) is 7.52. The van der Waals surface area contributed by atoms with Gasteiger partial charge in [-0.05, 0) is 29.7 Å². The van der Waals surface area contributed by atoms with Gasteiger partial charge in [-0.15, -0.1) is 0 Å². The van der Waals surface area contributed by atoms with Gasteiger partial charge in [0.25, 0.3) is 0 Å². The van der Waals surface area contributed by atoms with Crippen LogP contribution in [0.15, 0.2) is 48.5 Å². The fourth-order valence-electron chi connectivity index (χ4n) is 2.11. The molecule has 0 saturated heterocycles. The molecule has 0 bridgehead atoms. The first-order valence-corrected chi connectivity index (χ1v) is 8.33.